The van der Waals surface area contributed by atoms with Crippen LogP contribution in [0.15, 0.2) is 72.8 Å². The number of anilines is 1. The summed E-state index contributed by atoms with van der Waals surface area (Å²) < 4.78 is 32.5. The molecule has 0 fully saturated rings. The van der Waals surface area contributed by atoms with Crippen LogP contribution in [0.1, 0.15) is 42.0 Å². The summed E-state index contributed by atoms with van der Waals surface area (Å²) in [7, 11) is -2.26. The van der Waals surface area contributed by atoms with Crippen molar-refractivity contribution in [2.24, 2.45) is 0 Å². The number of nitrogens with zero attached hydrogens (tertiary/aromatic N) is 2. The van der Waals surface area contributed by atoms with Crippen LogP contribution in [0.3, 0.4) is 0 Å². The van der Waals surface area contributed by atoms with Crippen molar-refractivity contribution >= 4 is 27.5 Å². The fraction of sp³-hybridized carbons (Fsp3) is 0.375. The van der Waals surface area contributed by atoms with Gasteiger partial charge in [-0.05, 0) is 55.2 Å². The number of hydrogen-bond acceptors (Lipinski definition) is 5. The summed E-state index contributed by atoms with van der Waals surface area (Å²) in [5.41, 5.74) is 3.80. The molecule has 0 aliphatic rings. The van der Waals surface area contributed by atoms with E-state index in [4.69, 9.17) is 4.74 Å². The van der Waals surface area contributed by atoms with Gasteiger partial charge in [0, 0.05) is 19.5 Å². The molecule has 2 amide bonds. The van der Waals surface area contributed by atoms with E-state index >= 15 is 0 Å². The van der Waals surface area contributed by atoms with E-state index in [0.717, 1.165) is 45.7 Å². The standard InChI is InChI=1S/C32H41N3O5S/c1-6-7-18-33-32(37)30(21-26-12-9-8-10-13-26)34(22-27-14-11-15-28(20-27)40-4)31(36)23-35(41(5,38)39)29-17-16-24(2)19-25(29)3/h8-17,19-20,30H,6-7,18,21-23H2,1-5H3,(H,33,37)/t30-/m0/s1. The van der Waals surface area contributed by atoms with E-state index in [1.165, 1.54) is 4.90 Å². The van der Waals surface area contributed by atoms with Crippen LogP contribution in [0.25, 0.3) is 0 Å². The molecule has 0 aromatic heterocycles. The first-order chi connectivity index (χ1) is 19.5. The lowest BCUT2D eigenvalue weighted by atomic mass is 10.0. The fourth-order valence-corrected chi connectivity index (χ4v) is 5.61. The molecule has 0 saturated heterocycles. The first kappa shape index (κ1) is 31.7. The van der Waals surface area contributed by atoms with E-state index in [-0.39, 0.29) is 18.9 Å². The van der Waals surface area contributed by atoms with Crippen LogP contribution in [0, 0.1) is 13.8 Å². The highest BCUT2D eigenvalue weighted by Crippen LogP contribution is 2.25. The van der Waals surface area contributed by atoms with Crippen LogP contribution >= 0.6 is 0 Å². The number of amides is 2. The van der Waals surface area contributed by atoms with Gasteiger partial charge in [0.25, 0.3) is 0 Å². The molecule has 9 heteroatoms. The van der Waals surface area contributed by atoms with Crippen LogP contribution in [-0.2, 0) is 32.6 Å². The molecule has 1 N–H and O–H groups in total. The Balaban J connectivity index is 2.06. The van der Waals surface area contributed by atoms with Crippen LogP contribution in [0.5, 0.6) is 5.75 Å². The molecule has 8 nitrogen and oxygen atoms in total. The second-order valence-corrected chi connectivity index (χ2v) is 12.2. The average molecular weight is 580 g/mol. The summed E-state index contributed by atoms with van der Waals surface area (Å²) in [6.07, 6.45) is 3.08. The van der Waals surface area contributed by atoms with Crippen molar-refractivity contribution in [2.75, 3.05) is 30.8 Å². The van der Waals surface area contributed by atoms with E-state index in [9.17, 15) is 18.0 Å². The number of hydrogen-bond donors (Lipinski definition) is 1. The zero-order chi connectivity index (χ0) is 30.0. The van der Waals surface area contributed by atoms with E-state index < -0.39 is 28.5 Å². The van der Waals surface area contributed by atoms with E-state index in [1.807, 2.05) is 81.4 Å². The summed E-state index contributed by atoms with van der Waals surface area (Å²) >= 11 is 0. The van der Waals surface area contributed by atoms with Crippen molar-refractivity contribution in [2.45, 2.75) is 52.6 Å². The quantitative estimate of drug-likeness (QED) is 0.281. The van der Waals surface area contributed by atoms with Crippen LogP contribution < -0.4 is 14.4 Å². The second kappa shape index (κ2) is 14.7. The molecule has 41 heavy (non-hydrogen) atoms. The molecule has 0 heterocycles. The third kappa shape index (κ3) is 9.08. The van der Waals surface area contributed by atoms with E-state index in [1.54, 1.807) is 19.2 Å². The number of benzene rings is 3. The molecule has 220 valence electrons. The summed E-state index contributed by atoms with van der Waals surface area (Å²) in [6.45, 7) is 5.92. The maximum absolute atomic E-state index is 14.2. The van der Waals surface area contributed by atoms with Crippen molar-refractivity contribution < 1.29 is 22.7 Å². The van der Waals surface area contributed by atoms with Crippen molar-refractivity contribution in [3.8, 4) is 5.75 Å². The first-order valence-electron chi connectivity index (χ1n) is 13.8. The van der Waals surface area contributed by atoms with E-state index in [0.29, 0.717) is 18.0 Å². The number of carbonyl (C=O) groups excluding carboxylic acids is 2. The Morgan fingerprint density at radius 2 is 1.66 bits per heavy atom. The molecular weight excluding hydrogens is 538 g/mol. The van der Waals surface area contributed by atoms with Gasteiger partial charge in [0.05, 0.1) is 19.1 Å². The maximum atomic E-state index is 14.2. The molecule has 1 atom stereocenters. The third-order valence-corrected chi connectivity index (χ3v) is 8.01. The zero-order valence-corrected chi connectivity index (χ0v) is 25.4. The minimum Gasteiger partial charge on any atom is -0.497 e. The molecule has 0 aliphatic carbocycles. The van der Waals surface area contributed by atoms with Gasteiger partial charge in [-0.25, -0.2) is 8.42 Å². The molecule has 0 spiro atoms. The van der Waals surface area contributed by atoms with Crippen LogP contribution in [0.4, 0.5) is 5.69 Å². The second-order valence-electron chi connectivity index (χ2n) is 10.3. The normalized spacial score (nSPS) is 11.9. The molecule has 0 radical (unpaired) electrons. The van der Waals surface area contributed by atoms with Gasteiger partial charge in [0.15, 0.2) is 0 Å². The van der Waals surface area contributed by atoms with Gasteiger partial charge in [0.2, 0.25) is 21.8 Å². The number of rotatable bonds is 14. The minimum absolute atomic E-state index is 0.0964. The summed E-state index contributed by atoms with van der Waals surface area (Å²) in [4.78, 5) is 29.3. The lowest BCUT2D eigenvalue weighted by molar-refractivity contribution is -0.140. The SMILES string of the molecule is CCCCNC(=O)[C@H](Cc1ccccc1)N(Cc1cccc(OC)c1)C(=O)CN(c1ccc(C)cc1C)S(C)(=O)=O. The van der Waals surface area contributed by atoms with Crippen LogP contribution in [-0.4, -0.2) is 57.6 Å². The Morgan fingerprint density at radius 3 is 2.29 bits per heavy atom. The van der Waals surface area contributed by atoms with Gasteiger partial charge >= 0.3 is 0 Å². The van der Waals surface area contributed by atoms with Crippen molar-refractivity contribution in [1.82, 2.24) is 10.2 Å². The highest BCUT2D eigenvalue weighted by atomic mass is 32.2. The number of aryl methyl sites for hydroxylation is 2. The maximum Gasteiger partial charge on any atom is 0.244 e. The Labute approximate surface area is 244 Å². The number of methoxy groups -OCH3 is 1. The summed E-state index contributed by atoms with van der Waals surface area (Å²) in [6, 6.07) is 21.3. The predicted octanol–water partition coefficient (Wildman–Crippen LogP) is 4.63. The molecule has 0 unspecified atom stereocenters. The van der Waals surface area contributed by atoms with Crippen molar-refractivity contribution in [3.05, 3.63) is 95.1 Å². The Kier molecular flexibility index (Phi) is 11.3. The number of unbranched alkanes of at least 4 members (excludes halogenated alkanes) is 1. The van der Waals surface area contributed by atoms with Crippen molar-refractivity contribution in [1.29, 1.82) is 0 Å². The molecule has 3 aromatic carbocycles. The third-order valence-electron chi connectivity index (χ3n) is 6.89. The summed E-state index contributed by atoms with van der Waals surface area (Å²) in [5, 5.41) is 2.99. The molecule has 0 saturated carbocycles. The highest BCUT2D eigenvalue weighted by Gasteiger charge is 2.33. The van der Waals surface area contributed by atoms with E-state index in [2.05, 4.69) is 5.32 Å². The topological polar surface area (TPSA) is 96.0 Å². The Hall–Kier alpha value is -3.85. The van der Waals surface area contributed by atoms with Gasteiger partial charge in [-0.3, -0.25) is 13.9 Å². The molecule has 3 aromatic rings. The lowest BCUT2D eigenvalue weighted by Crippen LogP contribution is -2.53. The van der Waals surface area contributed by atoms with Gasteiger partial charge in [-0.1, -0.05) is 73.5 Å². The highest BCUT2D eigenvalue weighted by molar-refractivity contribution is 7.92. The average Bonchev–Trinajstić information content (AvgIpc) is 2.94. The van der Waals surface area contributed by atoms with Gasteiger partial charge in [0.1, 0.15) is 18.3 Å². The molecule has 3 rings (SSSR count). The summed E-state index contributed by atoms with van der Waals surface area (Å²) in [5.74, 6) is -0.143. The van der Waals surface area contributed by atoms with Gasteiger partial charge in [-0.15, -0.1) is 0 Å². The van der Waals surface area contributed by atoms with Gasteiger partial charge in [-0.2, -0.15) is 0 Å². The predicted molar refractivity (Wildman–Crippen MR) is 164 cm³/mol. The zero-order valence-electron chi connectivity index (χ0n) is 24.6. The minimum atomic E-state index is -3.82. The number of ether oxygens (including phenoxy) is 1. The monoisotopic (exact) mass is 579 g/mol. The fourth-order valence-electron chi connectivity index (χ4n) is 4.71. The molecule has 0 aliphatic heterocycles. The lowest BCUT2D eigenvalue weighted by Gasteiger charge is -2.34. The smallest absolute Gasteiger partial charge is 0.244 e. The first-order valence-corrected chi connectivity index (χ1v) is 15.7. The Morgan fingerprint density at radius 1 is 0.951 bits per heavy atom. The van der Waals surface area contributed by atoms with Crippen LogP contribution in [0.2, 0.25) is 0 Å². The largest absolute Gasteiger partial charge is 0.497 e. The molecular formula is C32H41N3O5S. The van der Waals surface area contributed by atoms with Crippen molar-refractivity contribution in [3.63, 3.8) is 0 Å². The number of nitrogens with one attached hydrogen (secondary N) is 1. The number of carbonyl (C=O) groups is 2. The number of sulfonamides is 1. The Bertz CT molecular complexity index is 1430. The molecule has 0 bridgehead atoms. The van der Waals surface area contributed by atoms with Gasteiger partial charge < -0.3 is 15.0 Å².